The van der Waals surface area contributed by atoms with Gasteiger partial charge in [0, 0.05) is 30.6 Å². The van der Waals surface area contributed by atoms with Gasteiger partial charge in [0.2, 0.25) is 5.91 Å². The van der Waals surface area contributed by atoms with Gasteiger partial charge in [-0.15, -0.1) is 10.2 Å². The molecule has 29 heavy (non-hydrogen) atoms. The fourth-order valence-corrected chi connectivity index (χ4v) is 3.57. The molecule has 2 heterocycles. The molecule has 0 aliphatic rings. The highest BCUT2D eigenvalue weighted by atomic mass is 32.2. The molecule has 0 saturated heterocycles. The van der Waals surface area contributed by atoms with Crippen LogP contribution in [-0.2, 0) is 11.3 Å². The number of rotatable bonds is 8. The van der Waals surface area contributed by atoms with Crippen molar-refractivity contribution in [3.05, 3.63) is 58.4 Å². The highest BCUT2D eigenvalue weighted by Crippen LogP contribution is 2.28. The van der Waals surface area contributed by atoms with E-state index in [1.54, 1.807) is 31.5 Å². The average Bonchev–Trinajstić information content (AvgIpc) is 3.11. The third-order valence-electron chi connectivity index (χ3n) is 4.15. The van der Waals surface area contributed by atoms with Crippen molar-refractivity contribution in [2.45, 2.75) is 32.0 Å². The summed E-state index contributed by atoms with van der Waals surface area (Å²) < 4.78 is 1.96. The second-order valence-corrected chi connectivity index (χ2v) is 7.20. The van der Waals surface area contributed by atoms with Crippen LogP contribution in [0.4, 0.5) is 11.4 Å². The fourth-order valence-electron chi connectivity index (χ4n) is 2.81. The molecule has 0 aliphatic carbocycles. The van der Waals surface area contributed by atoms with E-state index in [9.17, 15) is 14.9 Å². The Hall–Kier alpha value is -3.27. The van der Waals surface area contributed by atoms with Crippen LogP contribution in [0.5, 0.6) is 0 Å². The minimum atomic E-state index is -0.505. The number of carbonyl (C=O) groups is 1. The molecular formula is C19H20N6O3S. The summed E-state index contributed by atoms with van der Waals surface area (Å²) in [5.74, 6) is 0.430. The number of nitro groups is 1. The van der Waals surface area contributed by atoms with Gasteiger partial charge in [-0.2, -0.15) is 0 Å². The zero-order chi connectivity index (χ0) is 20.8. The highest BCUT2D eigenvalue weighted by molar-refractivity contribution is 7.99. The molecule has 10 heteroatoms. The van der Waals surface area contributed by atoms with Gasteiger partial charge >= 0.3 is 0 Å². The second kappa shape index (κ2) is 9.28. The molecule has 1 aromatic carbocycles. The van der Waals surface area contributed by atoms with Crippen LogP contribution >= 0.6 is 11.8 Å². The highest BCUT2D eigenvalue weighted by Gasteiger charge is 2.19. The minimum absolute atomic E-state index is 0.0592. The van der Waals surface area contributed by atoms with E-state index in [2.05, 4.69) is 27.4 Å². The predicted molar refractivity (Wildman–Crippen MR) is 111 cm³/mol. The number of pyridine rings is 1. The van der Waals surface area contributed by atoms with Gasteiger partial charge in [0.25, 0.3) is 5.69 Å². The quantitative estimate of drug-likeness (QED) is 0.341. The van der Waals surface area contributed by atoms with E-state index in [0.29, 0.717) is 23.1 Å². The van der Waals surface area contributed by atoms with Crippen molar-refractivity contribution in [2.75, 3.05) is 11.1 Å². The zero-order valence-corrected chi connectivity index (χ0v) is 16.8. The van der Waals surface area contributed by atoms with Gasteiger partial charge in [0.15, 0.2) is 11.0 Å². The van der Waals surface area contributed by atoms with Gasteiger partial charge in [0.05, 0.1) is 10.7 Å². The van der Waals surface area contributed by atoms with Crippen LogP contribution in [-0.4, -0.2) is 36.3 Å². The molecule has 1 amide bonds. The van der Waals surface area contributed by atoms with Crippen LogP contribution in [0.25, 0.3) is 11.4 Å². The Morgan fingerprint density at radius 3 is 2.69 bits per heavy atom. The number of hydrogen-bond donors (Lipinski definition) is 1. The van der Waals surface area contributed by atoms with Crippen molar-refractivity contribution >= 4 is 29.0 Å². The van der Waals surface area contributed by atoms with E-state index in [1.165, 1.54) is 17.8 Å². The molecular weight excluding hydrogens is 392 g/mol. The van der Waals surface area contributed by atoms with E-state index in [4.69, 9.17) is 0 Å². The van der Waals surface area contributed by atoms with Gasteiger partial charge < -0.3 is 9.88 Å². The molecule has 3 aromatic rings. The van der Waals surface area contributed by atoms with Crippen molar-refractivity contribution in [1.82, 2.24) is 19.7 Å². The first kappa shape index (κ1) is 20.5. The molecule has 3 rings (SSSR count). The number of benzene rings is 1. The lowest BCUT2D eigenvalue weighted by Gasteiger charge is -2.10. The smallest absolute Gasteiger partial charge is 0.293 e. The number of nitrogens with one attached hydrogen (secondary N) is 1. The summed E-state index contributed by atoms with van der Waals surface area (Å²) in [6.07, 6.45) is 4.26. The lowest BCUT2D eigenvalue weighted by atomic mass is 10.1. The number of aromatic nitrogens is 4. The molecule has 0 aliphatic heterocycles. The molecule has 150 valence electrons. The van der Waals surface area contributed by atoms with Crippen molar-refractivity contribution in [3.63, 3.8) is 0 Å². The monoisotopic (exact) mass is 412 g/mol. The maximum absolute atomic E-state index is 12.4. The Labute approximate surface area is 171 Å². The van der Waals surface area contributed by atoms with Gasteiger partial charge in [0.1, 0.15) is 5.69 Å². The number of carbonyl (C=O) groups excluding carboxylic acids is 1. The number of aryl methyl sites for hydroxylation is 1. The maximum atomic E-state index is 12.4. The molecule has 0 saturated carbocycles. The lowest BCUT2D eigenvalue weighted by Crippen LogP contribution is -2.16. The Bertz CT molecular complexity index is 1020. The van der Waals surface area contributed by atoms with Gasteiger partial charge in [-0.1, -0.05) is 30.8 Å². The van der Waals surface area contributed by atoms with Crippen LogP contribution in [0.1, 0.15) is 18.9 Å². The topological polar surface area (TPSA) is 116 Å². The van der Waals surface area contributed by atoms with E-state index in [1.807, 2.05) is 16.7 Å². The van der Waals surface area contributed by atoms with Crippen LogP contribution in [0.15, 0.2) is 47.9 Å². The van der Waals surface area contributed by atoms with E-state index >= 15 is 0 Å². The number of hydrogen-bond acceptors (Lipinski definition) is 7. The fraction of sp³-hybridized carbons (Fsp3) is 0.263. The van der Waals surface area contributed by atoms with Crippen molar-refractivity contribution in [2.24, 2.45) is 0 Å². The first-order chi connectivity index (χ1) is 14.0. The molecule has 1 N–H and O–H groups in total. The summed E-state index contributed by atoms with van der Waals surface area (Å²) in [7, 11) is 0. The summed E-state index contributed by atoms with van der Waals surface area (Å²) in [4.78, 5) is 27.2. The van der Waals surface area contributed by atoms with E-state index < -0.39 is 4.92 Å². The van der Waals surface area contributed by atoms with Crippen molar-refractivity contribution < 1.29 is 9.72 Å². The van der Waals surface area contributed by atoms with Crippen molar-refractivity contribution in [1.29, 1.82) is 0 Å². The number of para-hydroxylation sites is 1. The standard InChI is InChI=1S/C19H20N6O3S/c1-3-11-24-18(14-7-9-20-10-8-14)22-23-19(24)29-12-16(26)21-17-13(2)5-4-6-15(17)25(27)28/h4-10H,3,11-12H2,1-2H3,(H,21,26). The average molecular weight is 412 g/mol. The van der Waals surface area contributed by atoms with Crippen LogP contribution in [0, 0.1) is 17.0 Å². The molecule has 2 aromatic heterocycles. The molecule has 0 bridgehead atoms. The first-order valence-electron chi connectivity index (χ1n) is 9.01. The summed E-state index contributed by atoms with van der Waals surface area (Å²) in [5.41, 5.74) is 1.62. The molecule has 0 unspecified atom stereocenters. The predicted octanol–water partition coefficient (Wildman–Crippen LogP) is 3.70. The number of amides is 1. The molecule has 0 fully saturated rings. The Kier molecular flexibility index (Phi) is 6.55. The normalized spacial score (nSPS) is 10.7. The Morgan fingerprint density at radius 1 is 1.24 bits per heavy atom. The number of nitrogens with zero attached hydrogens (tertiary/aromatic N) is 5. The second-order valence-electron chi connectivity index (χ2n) is 6.26. The number of thioether (sulfide) groups is 1. The summed E-state index contributed by atoms with van der Waals surface area (Å²) in [6.45, 7) is 4.47. The molecule has 0 spiro atoms. The summed E-state index contributed by atoms with van der Waals surface area (Å²) >= 11 is 1.24. The largest absolute Gasteiger partial charge is 0.319 e. The summed E-state index contributed by atoms with van der Waals surface area (Å²) in [6, 6.07) is 8.39. The molecule has 0 radical (unpaired) electrons. The van der Waals surface area contributed by atoms with Crippen molar-refractivity contribution in [3.8, 4) is 11.4 Å². The third-order valence-corrected chi connectivity index (χ3v) is 5.11. The number of anilines is 1. The SMILES string of the molecule is CCCn1c(SCC(=O)Nc2c(C)cccc2[N+](=O)[O-])nnc1-c1ccncc1. The third kappa shape index (κ3) is 4.77. The van der Waals surface area contributed by atoms with Crippen LogP contribution < -0.4 is 5.32 Å². The molecule has 0 atom stereocenters. The number of nitro benzene ring substituents is 1. The van der Waals surface area contributed by atoms with Gasteiger partial charge in [-0.25, -0.2) is 0 Å². The zero-order valence-electron chi connectivity index (χ0n) is 16.0. The lowest BCUT2D eigenvalue weighted by molar-refractivity contribution is -0.384. The summed E-state index contributed by atoms with van der Waals surface area (Å²) in [5, 5.41) is 23.0. The minimum Gasteiger partial charge on any atom is -0.319 e. The molecule has 9 nitrogen and oxygen atoms in total. The Morgan fingerprint density at radius 2 is 2.00 bits per heavy atom. The van der Waals surface area contributed by atoms with Crippen LogP contribution in [0.2, 0.25) is 0 Å². The maximum Gasteiger partial charge on any atom is 0.293 e. The van der Waals surface area contributed by atoms with E-state index in [0.717, 1.165) is 12.0 Å². The van der Waals surface area contributed by atoms with E-state index in [-0.39, 0.29) is 23.0 Å². The van der Waals surface area contributed by atoms with Gasteiger partial charge in [-0.3, -0.25) is 19.9 Å². The Balaban J connectivity index is 1.75. The van der Waals surface area contributed by atoms with Crippen LogP contribution in [0.3, 0.4) is 0 Å². The van der Waals surface area contributed by atoms with Gasteiger partial charge in [-0.05, 0) is 31.0 Å². The first-order valence-corrected chi connectivity index (χ1v) is 10.00.